The van der Waals surface area contributed by atoms with Gasteiger partial charge in [0.25, 0.3) is 10.3 Å². The molecule has 1 saturated heterocycles. The zero-order valence-electron chi connectivity index (χ0n) is 10.1. The highest BCUT2D eigenvalue weighted by Gasteiger charge is 2.39. The van der Waals surface area contributed by atoms with E-state index in [4.69, 9.17) is 0 Å². The SMILES string of the molecule is O=C1N[C@H](C(=O)NCCO[N+](=O)[O-])[C@H](c2cccs2)S1. The van der Waals surface area contributed by atoms with Crippen molar-refractivity contribution in [2.75, 3.05) is 13.2 Å². The smallest absolute Gasteiger partial charge is 0.294 e. The molecule has 2 atom stereocenters. The van der Waals surface area contributed by atoms with Crippen molar-refractivity contribution in [2.24, 2.45) is 0 Å². The average molecular weight is 317 g/mol. The van der Waals surface area contributed by atoms with Gasteiger partial charge in [-0.2, -0.15) is 0 Å². The molecule has 108 valence electrons. The van der Waals surface area contributed by atoms with Crippen molar-refractivity contribution in [1.29, 1.82) is 0 Å². The highest BCUT2D eigenvalue weighted by molar-refractivity contribution is 8.14. The highest BCUT2D eigenvalue weighted by Crippen LogP contribution is 2.39. The maximum atomic E-state index is 12.0. The van der Waals surface area contributed by atoms with Crippen molar-refractivity contribution >= 4 is 34.2 Å². The molecule has 2 rings (SSSR count). The Labute approximate surface area is 122 Å². The van der Waals surface area contributed by atoms with Crippen LogP contribution < -0.4 is 10.6 Å². The average Bonchev–Trinajstić information content (AvgIpc) is 3.02. The summed E-state index contributed by atoms with van der Waals surface area (Å²) in [5.41, 5.74) is 0. The van der Waals surface area contributed by atoms with Crippen LogP contribution in [-0.2, 0) is 9.63 Å². The summed E-state index contributed by atoms with van der Waals surface area (Å²) in [4.78, 5) is 38.4. The molecule has 2 N–H and O–H groups in total. The van der Waals surface area contributed by atoms with Crippen LogP contribution in [-0.4, -0.2) is 35.4 Å². The lowest BCUT2D eigenvalue weighted by Crippen LogP contribution is -2.44. The molecular weight excluding hydrogens is 306 g/mol. The van der Waals surface area contributed by atoms with Crippen LogP contribution in [0.1, 0.15) is 10.1 Å². The minimum Gasteiger partial charge on any atom is -0.352 e. The maximum absolute atomic E-state index is 12.0. The highest BCUT2D eigenvalue weighted by atomic mass is 32.2. The van der Waals surface area contributed by atoms with E-state index in [0.29, 0.717) is 0 Å². The minimum absolute atomic E-state index is 0.00795. The lowest BCUT2D eigenvalue weighted by atomic mass is 10.1. The zero-order chi connectivity index (χ0) is 14.5. The molecule has 1 fully saturated rings. The van der Waals surface area contributed by atoms with Crippen LogP contribution in [0.3, 0.4) is 0 Å². The number of rotatable bonds is 6. The molecular formula is C10H11N3O5S2. The number of carbonyl (C=O) groups is 2. The van der Waals surface area contributed by atoms with Crippen LogP contribution in [0.5, 0.6) is 0 Å². The quantitative estimate of drug-likeness (QED) is 0.459. The monoisotopic (exact) mass is 317 g/mol. The number of carbonyl (C=O) groups excluding carboxylic acids is 2. The molecule has 0 unspecified atom stereocenters. The van der Waals surface area contributed by atoms with E-state index in [1.165, 1.54) is 11.3 Å². The first-order valence-electron chi connectivity index (χ1n) is 5.63. The molecule has 0 aliphatic carbocycles. The first kappa shape index (κ1) is 14.6. The van der Waals surface area contributed by atoms with Gasteiger partial charge in [-0.1, -0.05) is 17.8 Å². The third kappa shape index (κ3) is 3.61. The third-order valence-electron chi connectivity index (χ3n) is 2.51. The summed E-state index contributed by atoms with van der Waals surface area (Å²) in [6.45, 7) is -0.218. The van der Waals surface area contributed by atoms with Crippen LogP contribution in [0.25, 0.3) is 0 Å². The largest absolute Gasteiger partial charge is 0.352 e. The lowest BCUT2D eigenvalue weighted by Gasteiger charge is -2.16. The summed E-state index contributed by atoms with van der Waals surface area (Å²) in [6.07, 6.45) is 0. The summed E-state index contributed by atoms with van der Waals surface area (Å²) in [5, 5.41) is 15.5. The molecule has 1 aromatic heterocycles. The molecule has 10 heteroatoms. The molecule has 20 heavy (non-hydrogen) atoms. The van der Waals surface area contributed by atoms with E-state index >= 15 is 0 Å². The van der Waals surface area contributed by atoms with Crippen LogP contribution in [0, 0.1) is 10.1 Å². The van der Waals surface area contributed by atoms with Crippen LogP contribution in [0.4, 0.5) is 4.79 Å². The number of amides is 2. The Morgan fingerprint density at radius 1 is 1.60 bits per heavy atom. The minimum atomic E-state index is -0.923. The summed E-state index contributed by atoms with van der Waals surface area (Å²) >= 11 is 2.53. The molecule has 0 radical (unpaired) electrons. The third-order valence-corrected chi connectivity index (χ3v) is 4.73. The Bertz CT molecular complexity index is 507. The van der Waals surface area contributed by atoms with Gasteiger partial charge in [0.05, 0.1) is 5.25 Å². The maximum Gasteiger partial charge on any atom is 0.294 e. The van der Waals surface area contributed by atoms with Crippen molar-refractivity contribution in [1.82, 2.24) is 10.6 Å². The Balaban J connectivity index is 1.90. The van der Waals surface area contributed by atoms with Crippen molar-refractivity contribution in [3.63, 3.8) is 0 Å². The first-order chi connectivity index (χ1) is 9.58. The molecule has 0 bridgehead atoms. The molecule has 1 aliphatic rings. The van der Waals surface area contributed by atoms with Crippen LogP contribution in [0.2, 0.25) is 0 Å². The second kappa shape index (κ2) is 6.57. The number of thiophene rings is 1. The van der Waals surface area contributed by atoms with Gasteiger partial charge < -0.3 is 15.5 Å². The normalized spacial score (nSPS) is 21.3. The van der Waals surface area contributed by atoms with E-state index in [2.05, 4.69) is 15.5 Å². The molecule has 2 heterocycles. The summed E-state index contributed by atoms with van der Waals surface area (Å²) in [6, 6.07) is 3.03. The topological polar surface area (TPSA) is 111 Å². The zero-order valence-corrected chi connectivity index (χ0v) is 11.7. The molecule has 0 spiro atoms. The number of nitrogens with zero attached hydrogens (tertiary/aromatic N) is 1. The van der Waals surface area contributed by atoms with E-state index in [0.717, 1.165) is 16.6 Å². The van der Waals surface area contributed by atoms with E-state index < -0.39 is 11.1 Å². The molecule has 1 aliphatic heterocycles. The van der Waals surface area contributed by atoms with Gasteiger partial charge in [-0.05, 0) is 11.4 Å². The van der Waals surface area contributed by atoms with Crippen molar-refractivity contribution in [3.8, 4) is 0 Å². The van der Waals surface area contributed by atoms with E-state index in [-0.39, 0.29) is 29.5 Å². The predicted molar refractivity (Wildman–Crippen MR) is 72.9 cm³/mol. The van der Waals surface area contributed by atoms with Crippen molar-refractivity contribution < 1.29 is 19.5 Å². The fourth-order valence-electron chi connectivity index (χ4n) is 1.70. The van der Waals surface area contributed by atoms with Crippen LogP contribution >= 0.6 is 23.1 Å². The fraction of sp³-hybridized carbons (Fsp3) is 0.400. The van der Waals surface area contributed by atoms with E-state index in [9.17, 15) is 19.7 Å². The van der Waals surface area contributed by atoms with Gasteiger partial charge in [0.15, 0.2) is 0 Å². The van der Waals surface area contributed by atoms with Gasteiger partial charge in [0.2, 0.25) is 5.91 Å². The van der Waals surface area contributed by atoms with Gasteiger partial charge >= 0.3 is 0 Å². The summed E-state index contributed by atoms with van der Waals surface area (Å²) in [5.74, 6) is -0.381. The molecule has 8 nitrogen and oxygen atoms in total. The number of thioether (sulfide) groups is 1. The molecule has 0 aromatic carbocycles. The van der Waals surface area contributed by atoms with Crippen LogP contribution in [0.15, 0.2) is 17.5 Å². The standard InChI is InChI=1S/C10H11N3O5S2/c14-9(11-3-4-18-13(16)17)7-8(20-10(15)12-7)6-2-1-5-19-6/h1-2,5,7-8H,3-4H2,(H,11,14)(H,12,15)/t7-,8-/m0/s1. The van der Waals surface area contributed by atoms with E-state index in [1.807, 2.05) is 17.5 Å². The van der Waals surface area contributed by atoms with Crippen molar-refractivity contribution in [3.05, 3.63) is 32.5 Å². The molecule has 0 saturated carbocycles. The summed E-state index contributed by atoms with van der Waals surface area (Å²) < 4.78 is 0. The van der Waals surface area contributed by atoms with Gasteiger partial charge in [-0.3, -0.25) is 9.59 Å². The van der Waals surface area contributed by atoms with Gasteiger partial charge in [-0.25, -0.2) is 0 Å². The van der Waals surface area contributed by atoms with E-state index in [1.54, 1.807) is 0 Å². The Morgan fingerprint density at radius 2 is 2.40 bits per heavy atom. The van der Waals surface area contributed by atoms with Gasteiger partial charge in [0, 0.05) is 11.4 Å². The molecule has 2 amide bonds. The number of hydrogen-bond acceptors (Lipinski definition) is 7. The predicted octanol–water partition coefficient (Wildman–Crippen LogP) is 0.939. The lowest BCUT2D eigenvalue weighted by molar-refractivity contribution is -0.757. The second-order valence-corrected chi connectivity index (χ2v) is 5.90. The second-order valence-electron chi connectivity index (χ2n) is 3.81. The number of nitrogens with one attached hydrogen (secondary N) is 2. The van der Waals surface area contributed by atoms with Gasteiger partial charge in [0.1, 0.15) is 12.6 Å². The van der Waals surface area contributed by atoms with Crippen molar-refractivity contribution in [2.45, 2.75) is 11.3 Å². The molecule has 1 aromatic rings. The Hall–Kier alpha value is -1.81. The number of hydrogen-bond donors (Lipinski definition) is 2. The fourth-order valence-corrected chi connectivity index (χ4v) is 3.70. The Kier molecular flexibility index (Phi) is 4.79. The Morgan fingerprint density at radius 3 is 3.05 bits per heavy atom. The van der Waals surface area contributed by atoms with Gasteiger partial charge in [-0.15, -0.1) is 21.5 Å². The summed E-state index contributed by atoms with van der Waals surface area (Å²) in [7, 11) is 0. The first-order valence-corrected chi connectivity index (χ1v) is 7.39.